The highest BCUT2D eigenvalue weighted by atomic mass is 32.1. The molecule has 2 nitrogen and oxygen atoms in total. The van der Waals surface area contributed by atoms with E-state index in [1.807, 2.05) is 11.3 Å². The van der Waals surface area contributed by atoms with Gasteiger partial charge >= 0.3 is 6.85 Å². The summed E-state index contributed by atoms with van der Waals surface area (Å²) in [4.78, 5) is 2.65. The fraction of sp³-hybridized carbons (Fsp3) is 0.186. The molecule has 306 valence electrons. The molecular formula is C59H51BN2S. The van der Waals surface area contributed by atoms with Gasteiger partial charge in [0, 0.05) is 59.5 Å². The number of hydrogen-bond acceptors (Lipinski definition) is 3. The first-order valence-corrected chi connectivity index (χ1v) is 23.5. The van der Waals surface area contributed by atoms with Gasteiger partial charge in [0.15, 0.2) is 0 Å². The Morgan fingerprint density at radius 1 is 0.587 bits per heavy atom. The Balaban J connectivity index is 1.12. The summed E-state index contributed by atoms with van der Waals surface area (Å²) < 4.78 is 2.68. The molecule has 1 N–H and O–H groups in total. The van der Waals surface area contributed by atoms with E-state index in [0.29, 0.717) is 0 Å². The molecule has 0 fully saturated rings. The van der Waals surface area contributed by atoms with Crippen molar-refractivity contribution >= 4 is 72.0 Å². The van der Waals surface area contributed by atoms with Crippen LogP contribution in [0.2, 0.25) is 0 Å². The van der Waals surface area contributed by atoms with Crippen LogP contribution in [-0.4, -0.2) is 6.85 Å². The van der Waals surface area contributed by atoms with Crippen molar-refractivity contribution in [2.45, 2.75) is 70.6 Å². The van der Waals surface area contributed by atoms with Crippen molar-refractivity contribution < 1.29 is 0 Å². The number of para-hydroxylation sites is 1. The second-order valence-electron chi connectivity index (χ2n) is 20.0. The van der Waals surface area contributed by atoms with Gasteiger partial charge in [-0.3, -0.25) is 0 Å². The highest BCUT2D eigenvalue weighted by Gasteiger charge is 2.46. The third kappa shape index (κ3) is 5.84. The normalized spacial score (nSPS) is 15.7. The molecule has 0 radical (unpaired) electrons. The monoisotopic (exact) mass is 830 g/mol. The summed E-state index contributed by atoms with van der Waals surface area (Å²) in [7, 11) is 0. The zero-order valence-electron chi connectivity index (χ0n) is 37.0. The second-order valence-corrected chi connectivity index (χ2v) is 21.1. The van der Waals surface area contributed by atoms with Crippen molar-refractivity contribution in [2.24, 2.45) is 0 Å². The molecule has 63 heavy (non-hydrogen) atoms. The predicted molar refractivity (Wildman–Crippen MR) is 273 cm³/mol. The summed E-state index contributed by atoms with van der Waals surface area (Å²) in [6.45, 7) is 14.5. The lowest BCUT2D eigenvalue weighted by atomic mass is 9.43. The summed E-state index contributed by atoms with van der Waals surface area (Å²) in [6.07, 6.45) is 2.41. The fourth-order valence-electron chi connectivity index (χ4n) is 11.3. The molecule has 0 spiro atoms. The summed E-state index contributed by atoms with van der Waals surface area (Å²) in [6, 6.07) is 64.0. The standard InChI is InChI=1S/C59H51BN2S/c1-57(2)32-33-58(3,4)48-35-41(27-31-46(48)57)59(5,6)47-21-15-22-49-55(47)61-50-36-45-43-20-13-14-23-52(43)63-56(45)53-44-30-26-40(38-18-11-8-12-19-38)34-51(44)62(60(49)54(50)53)42-28-24-39(25-29-42)37-16-9-7-10-17-37/h7-31,34-36,61H,32-33H2,1-6H3. The molecule has 1 aromatic heterocycles. The molecule has 3 aliphatic rings. The average molecular weight is 831 g/mol. The highest BCUT2D eigenvalue weighted by molar-refractivity contribution is 7.26. The number of nitrogens with zero attached hydrogens (tertiary/aromatic N) is 1. The quantitative estimate of drug-likeness (QED) is 0.174. The largest absolute Gasteiger partial charge is 0.376 e. The summed E-state index contributed by atoms with van der Waals surface area (Å²) >= 11 is 1.93. The number of benzene rings is 8. The van der Waals surface area contributed by atoms with Crippen LogP contribution in [0.25, 0.3) is 53.6 Å². The van der Waals surface area contributed by atoms with Crippen molar-refractivity contribution in [3.8, 4) is 33.4 Å². The van der Waals surface area contributed by atoms with E-state index in [4.69, 9.17) is 0 Å². The minimum atomic E-state index is -0.292. The molecule has 0 saturated heterocycles. The molecule has 0 saturated carbocycles. The van der Waals surface area contributed by atoms with E-state index in [9.17, 15) is 0 Å². The van der Waals surface area contributed by atoms with Crippen LogP contribution in [0.1, 0.15) is 76.6 Å². The summed E-state index contributed by atoms with van der Waals surface area (Å²) in [5, 5.41) is 6.84. The molecule has 9 aromatic rings. The zero-order chi connectivity index (χ0) is 42.8. The molecule has 0 amide bonds. The molecule has 0 bridgehead atoms. The van der Waals surface area contributed by atoms with Crippen molar-refractivity contribution in [3.05, 3.63) is 192 Å². The molecule has 0 atom stereocenters. The van der Waals surface area contributed by atoms with Crippen molar-refractivity contribution in [1.82, 2.24) is 0 Å². The van der Waals surface area contributed by atoms with Crippen LogP contribution < -0.4 is 21.1 Å². The first-order valence-electron chi connectivity index (χ1n) is 22.7. The van der Waals surface area contributed by atoms with E-state index in [1.54, 1.807) is 0 Å². The lowest BCUT2D eigenvalue weighted by Crippen LogP contribution is -2.60. The second kappa shape index (κ2) is 13.8. The van der Waals surface area contributed by atoms with Crippen LogP contribution in [-0.2, 0) is 16.2 Å². The smallest absolute Gasteiger partial charge is 0.333 e. The maximum absolute atomic E-state index is 4.21. The van der Waals surface area contributed by atoms with Crippen LogP contribution in [0.15, 0.2) is 170 Å². The minimum Gasteiger partial charge on any atom is -0.376 e. The molecular weight excluding hydrogens is 780 g/mol. The molecule has 4 heteroatoms. The number of anilines is 4. The Hall–Kier alpha value is -6.36. The van der Waals surface area contributed by atoms with Gasteiger partial charge in [-0.1, -0.05) is 181 Å². The summed E-state index contributed by atoms with van der Waals surface area (Å²) in [5.41, 5.74) is 20.7. The van der Waals surface area contributed by atoms with Gasteiger partial charge in [-0.15, -0.1) is 11.3 Å². The van der Waals surface area contributed by atoms with E-state index < -0.39 is 0 Å². The van der Waals surface area contributed by atoms with Crippen LogP contribution in [0, 0.1) is 0 Å². The minimum absolute atomic E-state index is 0.0824. The first-order chi connectivity index (χ1) is 30.5. The lowest BCUT2D eigenvalue weighted by Gasteiger charge is -2.45. The Morgan fingerprint density at radius 2 is 1.24 bits per heavy atom. The lowest BCUT2D eigenvalue weighted by molar-refractivity contribution is 0.331. The van der Waals surface area contributed by atoms with Gasteiger partial charge in [-0.05, 0) is 109 Å². The Morgan fingerprint density at radius 3 is 1.98 bits per heavy atom. The third-order valence-electron chi connectivity index (χ3n) is 15.0. The van der Waals surface area contributed by atoms with Gasteiger partial charge in [0.1, 0.15) is 0 Å². The Kier molecular flexibility index (Phi) is 8.41. The fourth-order valence-corrected chi connectivity index (χ4v) is 12.6. The molecule has 12 rings (SSSR count). The Labute approximate surface area is 376 Å². The van der Waals surface area contributed by atoms with E-state index >= 15 is 0 Å². The Bertz CT molecular complexity index is 3290. The maximum atomic E-state index is 4.21. The zero-order valence-corrected chi connectivity index (χ0v) is 37.8. The van der Waals surface area contributed by atoms with Crippen molar-refractivity contribution in [2.75, 3.05) is 10.1 Å². The van der Waals surface area contributed by atoms with Gasteiger partial charge < -0.3 is 10.1 Å². The van der Waals surface area contributed by atoms with Crippen LogP contribution in [0.5, 0.6) is 0 Å². The first kappa shape index (κ1) is 38.3. The molecule has 8 aromatic carbocycles. The van der Waals surface area contributed by atoms with Crippen LogP contribution in [0.3, 0.4) is 0 Å². The van der Waals surface area contributed by atoms with Gasteiger partial charge in [-0.2, -0.15) is 0 Å². The molecule has 2 aliphatic heterocycles. The van der Waals surface area contributed by atoms with Gasteiger partial charge in [-0.25, -0.2) is 0 Å². The number of rotatable bonds is 5. The highest BCUT2D eigenvalue weighted by Crippen LogP contribution is 2.52. The average Bonchev–Trinajstić information content (AvgIpc) is 3.69. The van der Waals surface area contributed by atoms with Crippen molar-refractivity contribution in [1.29, 1.82) is 0 Å². The van der Waals surface area contributed by atoms with E-state index in [1.165, 1.54) is 122 Å². The van der Waals surface area contributed by atoms with E-state index in [0.717, 1.165) is 0 Å². The molecule has 1 aliphatic carbocycles. The van der Waals surface area contributed by atoms with Crippen LogP contribution >= 0.6 is 11.3 Å². The van der Waals surface area contributed by atoms with Gasteiger partial charge in [0.25, 0.3) is 0 Å². The SMILES string of the molecule is CC1(C)CCC(C)(C)c2cc(C(C)(C)c3cccc4c3Nc3cc5c(sc6ccccc65)c5c3B4N(c3ccc(-c4ccccc4)cc3)c3cc(-c4ccccc4)ccc3-5)ccc21. The number of fused-ring (bicyclic) bond motifs is 9. The van der Waals surface area contributed by atoms with Gasteiger partial charge in [0.05, 0.1) is 0 Å². The van der Waals surface area contributed by atoms with Crippen LogP contribution in [0.4, 0.5) is 22.7 Å². The maximum Gasteiger partial charge on any atom is 0.333 e. The van der Waals surface area contributed by atoms with Crippen molar-refractivity contribution in [3.63, 3.8) is 0 Å². The number of nitrogens with one attached hydrogen (secondary N) is 1. The van der Waals surface area contributed by atoms with E-state index in [2.05, 4.69) is 222 Å². The predicted octanol–water partition coefficient (Wildman–Crippen LogP) is 15.0. The topological polar surface area (TPSA) is 15.3 Å². The molecule has 3 heterocycles. The van der Waals surface area contributed by atoms with Gasteiger partial charge in [0.2, 0.25) is 0 Å². The molecule has 0 unspecified atom stereocenters. The number of hydrogen-bond donors (Lipinski definition) is 1. The number of thiophene rings is 1. The summed E-state index contributed by atoms with van der Waals surface area (Å²) in [5.74, 6) is 0. The third-order valence-corrected chi connectivity index (χ3v) is 16.2. The van der Waals surface area contributed by atoms with E-state index in [-0.39, 0.29) is 23.1 Å².